The summed E-state index contributed by atoms with van der Waals surface area (Å²) in [7, 11) is 0. The lowest BCUT2D eigenvalue weighted by Crippen LogP contribution is -2.21. The van der Waals surface area contributed by atoms with E-state index in [1.807, 2.05) is 6.07 Å². The highest BCUT2D eigenvalue weighted by Crippen LogP contribution is 2.30. The number of phenolic OH excluding ortho intramolecular Hbond substituents is 1. The molecule has 2 aromatic carbocycles. The number of nitrogens with zero attached hydrogens (tertiary/aromatic N) is 1. The van der Waals surface area contributed by atoms with E-state index in [9.17, 15) is 19.1 Å². The molecule has 0 saturated heterocycles. The van der Waals surface area contributed by atoms with Crippen LogP contribution in [0.1, 0.15) is 24.2 Å². The van der Waals surface area contributed by atoms with Gasteiger partial charge in [0, 0.05) is 17.7 Å². The predicted octanol–water partition coefficient (Wildman–Crippen LogP) is 3.97. The first kappa shape index (κ1) is 20.5. The summed E-state index contributed by atoms with van der Waals surface area (Å²) >= 11 is 0. The maximum Gasteiger partial charge on any atom is 0.412 e. The number of carboxylic acids is 1. The largest absolute Gasteiger partial charge is 0.505 e. The fraction of sp³-hybridized carbons (Fsp3) is 0.150. The van der Waals surface area contributed by atoms with Crippen molar-refractivity contribution in [3.8, 4) is 11.8 Å². The minimum absolute atomic E-state index is 0.243. The van der Waals surface area contributed by atoms with Gasteiger partial charge >= 0.3 is 12.1 Å². The number of nitrogens with one attached hydrogen (secondary N) is 1. The third-order valence-corrected chi connectivity index (χ3v) is 3.81. The van der Waals surface area contributed by atoms with E-state index >= 15 is 0 Å². The number of amides is 1. The highest BCUT2D eigenvalue weighted by Gasteiger charge is 2.23. The fourth-order valence-corrected chi connectivity index (χ4v) is 2.40. The second kappa shape index (κ2) is 9.19. The van der Waals surface area contributed by atoms with Gasteiger partial charge in [-0.2, -0.15) is 5.26 Å². The van der Waals surface area contributed by atoms with Crippen LogP contribution in [-0.4, -0.2) is 22.3 Å². The van der Waals surface area contributed by atoms with Crippen molar-refractivity contribution in [2.75, 3.05) is 5.32 Å². The van der Waals surface area contributed by atoms with Crippen LogP contribution < -0.4 is 5.32 Å². The van der Waals surface area contributed by atoms with Gasteiger partial charge in [0.15, 0.2) is 11.6 Å². The number of aromatic hydroxyl groups is 1. The highest BCUT2D eigenvalue weighted by atomic mass is 19.1. The van der Waals surface area contributed by atoms with Crippen LogP contribution in [0.4, 0.5) is 14.9 Å². The van der Waals surface area contributed by atoms with Crippen molar-refractivity contribution < 1.29 is 28.9 Å². The summed E-state index contributed by atoms with van der Waals surface area (Å²) < 4.78 is 19.1. The van der Waals surface area contributed by atoms with Gasteiger partial charge in [-0.25, -0.2) is 14.0 Å². The van der Waals surface area contributed by atoms with Crippen molar-refractivity contribution in [3.05, 3.63) is 71.6 Å². The lowest BCUT2D eigenvalue weighted by Gasteiger charge is -2.23. The van der Waals surface area contributed by atoms with Gasteiger partial charge in [0.05, 0.1) is 11.6 Å². The molecule has 28 heavy (non-hydrogen) atoms. The number of phenols is 1. The maximum atomic E-state index is 13.7. The molecule has 0 radical (unpaired) electrons. The van der Waals surface area contributed by atoms with Crippen LogP contribution in [0.3, 0.4) is 0 Å². The number of nitriles is 1. The predicted molar refractivity (Wildman–Crippen MR) is 98.0 cm³/mol. The Bertz CT molecular complexity index is 935. The molecular formula is C20H17FN2O5. The van der Waals surface area contributed by atoms with Crippen LogP contribution >= 0.6 is 0 Å². The molecular weight excluding hydrogens is 367 g/mol. The normalized spacial score (nSPS) is 12.8. The van der Waals surface area contributed by atoms with Gasteiger partial charge in [-0.15, -0.1) is 0 Å². The summed E-state index contributed by atoms with van der Waals surface area (Å²) in [6.45, 7) is 1.60. The Hall–Kier alpha value is -3.86. The van der Waals surface area contributed by atoms with Crippen molar-refractivity contribution in [3.63, 3.8) is 0 Å². The molecule has 0 spiro atoms. The van der Waals surface area contributed by atoms with Gasteiger partial charge in [-0.3, -0.25) is 5.32 Å². The number of hydrogen-bond acceptors (Lipinski definition) is 5. The van der Waals surface area contributed by atoms with E-state index in [1.165, 1.54) is 36.4 Å². The Balaban J connectivity index is 2.22. The first-order valence-corrected chi connectivity index (χ1v) is 8.17. The smallest absolute Gasteiger partial charge is 0.412 e. The average Bonchev–Trinajstić information content (AvgIpc) is 2.67. The Morgan fingerprint density at radius 2 is 1.93 bits per heavy atom. The third kappa shape index (κ3) is 5.57. The van der Waals surface area contributed by atoms with Crippen molar-refractivity contribution in [2.45, 2.75) is 13.0 Å². The standard InChI is InChI=1S/C20H17FN2O5/c1-12(2-9-18(25)26)19(14-5-8-17(24)16(21)10-14)28-20(27)23-15-6-3-13(11-22)4-7-15/h2-10,12,19,24H,1H3,(H,23,27)(H,25,26)/b9-2+/t12-,19+/m0/s1. The zero-order valence-electron chi connectivity index (χ0n) is 14.8. The molecule has 1 amide bonds. The van der Waals surface area contributed by atoms with Gasteiger partial charge in [-0.05, 0) is 42.0 Å². The number of halogens is 1. The van der Waals surface area contributed by atoms with Crippen LogP contribution in [0.25, 0.3) is 0 Å². The maximum absolute atomic E-state index is 13.7. The van der Waals surface area contributed by atoms with E-state index < -0.39 is 35.7 Å². The minimum Gasteiger partial charge on any atom is -0.505 e. The molecule has 0 saturated carbocycles. The first-order valence-electron chi connectivity index (χ1n) is 8.17. The lowest BCUT2D eigenvalue weighted by atomic mass is 9.96. The van der Waals surface area contributed by atoms with Gasteiger partial charge in [-0.1, -0.05) is 19.1 Å². The molecule has 0 unspecified atom stereocenters. The number of hydrogen-bond donors (Lipinski definition) is 3. The summed E-state index contributed by atoms with van der Waals surface area (Å²) in [5.41, 5.74) is 1.05. The molecule has 2 rings (SSSR count). The van der Waals surface area contributed by atoms with Crippen LogP contribution in [0.5, 0.6) is 5.75 Å². The lowest BCUT2D eigenvalue weighted by molar-refractivity contribution is -0.131. The van der Waals surface area contributed by atoms with Gasteiger partial charge in [0.25, 0.3) is 0 Å². The van der Waals surface area contributed by atoms with Crippen LogP contribution in [-0.2, 0) is 9.53 Å². The molecule has 2 atom stereocenters. The summed E-state index contributed by atoms with van der Waals surface area (Å²) in [6.07, 6.45) is 0.353. The van der Waals surface area contributed by atoms with Gasteiger partial charge < -0.3 is 14.9 Å². The van der Waals surface area contributed by atoms with Crippen LogP contribution in [0, 0.1) is 23.1 Å². The molecule has 144 valence electrons. The SMILES string of the molecule is C[C@@H](/C=C/C(=O)O)[C@@H](OC(=O)Nc1ccc(C#N)cc1)c1ccc(O)c(F)c1. The highest BCUT2D eigenvalue weighted by molar-refractivity contribution is 5.85. The van der Waals surface area contributed by atoms with Crippen molar-refractivity contribution in [1.82, 2.24) is 0 Å². The van der Waals surface area contributed by atoms with Crippen molar-refractivity contribution in [1.29, 1.82) is 5.26 Å². The number of anilines is 1. The van der Waals surface area contributed by atoms with Crippen LogP contribution in [0.2, 0.25) is 0 Å². The molecule has 8 heteroatoms. The molecule has 7 nitrogen and oxygen atoms in total. The molecule has 2 aromatic rings. The van der Waals surface area contributed by atoms with E-state index in [-0.39, 0.29) is 5.56 Å². The molecule has 0 aromatic heterocycles. The molecule has 3 N–H and O–H groups in total. The van der Waals surface area contributed by atoms with Crippen molar-refractivity contribution in [2.24, 2.45) is 5.92 Å². The van der Waals surface area contributed by atoms with Crippen LogP contribution in [0.15, 0.2) is 54.6 Å². The Kier molecular flexibility index (Phi) is 6.71. The van der Waals surface area contributed by atoms with E-state index in [0.29, 0.717) is 11.3 Å². The molecule has 0 aliphatic rings. The van der Waals surface area contributed by atoms with E-state index in [0.717, 1.165) is 18.2 Å². The number of aliphatic carboxylic acids is 1. The van der Waals surface area contributed by atoms with E-state index in [2.05, 4.69) is 5.32 Å². The van der Waals surface area contributed by atoms with E-state index in [1.54, 1.807) is 6.92 Å². The zero-order chi connectivity index (χ0) is 20.7. The number of benzene rings is 2. The minimum atomic E-state index is -1.18. The number of carboxylic acid groups (broad SMARTS) is 1. The first-order chi connectivity index (χ1) is 13.3. The van der Waals surface area contributed by atoms with Gasteiger partial charge in [0.2, 0.25) is 0 Å². The summed E-state index contributed by atoms with van der Waals surface area (Å²) in [5, 5.41) is 29.4. The summed E-state index contributed by atoms with van der Waals surface area (Å²) in [6, 6.07) is 11.5. The Labute approximate surface area is 160 Å². The topological polar surface area (TPSA) is 120 Å². The Morgan fingerprint density at radius 3 is 2.50 bits per heavy atom. The summed E-state index contributed by atoms with van der Waals surface area (Å²) in [5.74, 6) is -3.23. The molecule has 0 aliphatic heterocycles. The number of rotatable bonds is 6. The second-order valence-electron chi connectivity index (χ2n) is 5.91. The fourth-order valence-electron chi connectivity index (χ4n) is 2.40. The zero-order valence-corrected chi connectivity index (χ0v) is 14.8. The average molecular weight is 384 g/mol. The van der Waals surface area contributed by atoms with E-state index in [4.69, 9.17) is 15.1 Å². The summed E-state index contributed by atoms with van der Waals surface area (Å²) in [4.78, 5) is 23.0. The number of carbonyl (C=O) groups excluding carboxylic acids is 1. The van der Waals surface area contributed by atoms with Gasteiger partial charge in [0.1, 0.15) is 6.10 Å². The third-order valence-electron chi connectivity index (χ3n) is 3.81. The molecule has 0 aliphatic carbocycles. The molecule has 0 fully saturated rings. The number of ether oxygens (including phenoxy) is 1. The number of carbonyl (C=O) groups is 2. The molecule has 0 bridgehead atoms. The monoisotopic (exact) mass is 384 g/mol. The molecule has 0 heterocycles. The quantitative estimate of drug-likeness (QED) is 0.648. The second-order valence-corrected chi connectivity index (χ2v) is 5.91. The Morgan fingerprint density at radius 1 is 1.25 bits per heavy atom. The van der Waals surface area contributed by atoms with Crippen molar-refractivity contribution >= 4 is 17.7 Å².